The lowest BCUT2D eigenvalue weighted by Crippen LogP contribution is -2.24. The number of ether oxygens (including phenoxy) is 1. The third-order valence-corrected chi connectivity index (χ3v) is 4.07. The van der Waals surface area contributed by atoms with Crippen molar-refractivity contribution in [2.75, 3.05) is 20.2 Å². The molecule has 3 aromatic rings. The second kappa shape index (κ2) is 8.10. The number of halogens is 1. The molecule has 0 N–H and O–H groups in total. The Balaban J connectivity index is 1.51. The number of aryl methyl sites for hydroxylation is 2. The van der Waals surface area contributed by atoms with Gasteiger partial charge in [0.15, 0.2) is 0 Å². The van der Waals surface area contributed by atoms with Gasteiger partial charge in [-0.25, -0.2) is 4.39 Å². The first-order valence-corrected chi connectivity index (χ1v) is 8.48. The van der Waals surface area contributed by atoms with E-state index in [9.17, 15) is 4.39 Å². The maximum Gasteiger partial charge on any atom is 0.241 e. The van der Waals surface area contributed by atoms with E-state index in [1.54, 1.807) is 19.1 Å². The molecule has 0 aliphatic heterocycles. The lowest BCUT2D eigenvalue weighted by molar-refractivity contribution is 0.213. The molecule has 0 fully saturated rings. The van der Waals surface area contributed by atoms with Crippen molar-refractivity contribution in [1.29, 1.82) is 0 Å². The topological polar surface area (TPSA) is 51.4 Å². The van der Waals surface area contributed by atoms with Crippen LogP contribution in [0.4, 0.5) is 4.39 Å². The molecule has 6 heteroatoms. The summed E-state index contributed by atoms with van der Waals surface area (Å²) in [6.45, 7) is 5.53. The number of hydrogen-bond acceptors (Lipinski definition) is 5. The van der Waals surface area contributed by atoms with Gasteiger partial charge in [0.05, 0.1) is 6.54 Å². The zero-order valence-corrected chi connectivity index (χ0v) is 15.2. The van der Waals surface area contributed by atoms with Crippen LogP contribution in [0.25, 0.3) is 11.4 Å². The summed E-state index contributed by atoms with van der Waals surface area (Å²) in [5.74, 6) is 1.45. The Morgan fingerprint density at radius 1 is 1.12 bits per heavy atom. The van der Waals surface area contributed by atoms with Gasteiger partial charge in [0, 0.05) is 12.1 Å². The number of benzene rings is 2. The Bertz CT molecular complexity index is 862. The van der Waals surface area contributed by atoms with E-state index < -0.39 is 0 Å². The molecule has 1 heterocycles. The van der Waals surface area contributed by atoms with E-state index in [0.29, 0.717) is 42.5 Å². The van der Waals surface area contributed by atoms with Crippen LogP contribution in [0.3, 0.4) is 0 Å². The van der Waals surface area contributed by atoms with Gasteiger partial charge in [0.2, 0.25) is 11.7 Å². The fourth-order valence-corrected chi connectivity index (χ4v) is 2.43. The van der Waals surface area contributed by atoms with Gasteiger partial charge in [-0.3, -0.25) is 4.90 Å². The van der Waals surface area contributed by atoms with E-state index in [1.165, 1.54) is 11.6 Å². The average molecular weight is 355 g/mol. The predicted molar refractivity (Wildman–Crippen MR) is 97.4 cm³/mol. The summed E-state index contributed by atoms with van der Waals surface area (Å²) < 4.78 is 24.7. The van der Waals surface area contributed by atoms with E-state index in [2.05, 4.69) is 10.1 Å². The molecule has 136 valence electrons. The zero-order chi connectivity index (χ0) is 18.5. The summed E-state index contributed by atoms with van der Waals surface area (Å²) in [4.78, 5) is 6.37. The van der Waals surface area contributed by atoms with Crippen molar-refractivity contribution in [3.63, 3.8) is 0 Å². The van der Waals surface area contributed by atoms with E-state index in [1.807, 2.05) is 43.1 Å². The summed E-state index contributed by atoms with van der Waals surface area (Å²) in [5.41, 5.74) is 2.40. The van der Waals surface area contributed by atoms with Crippen LogP contribution in [0.2, 0.25) is 0 Å². The van der Waals surface area contributed by atoms with E-state index in [-0.39, 0.29) is 5.82 Å². The summed E-state index contributed by atoms with van der Waals surface area (Å²) in [6.07, 6.45) is 0. The first kappa shape index (κ1) is 18.1. The molecule has 1 aromatic heterocycles. The van der Waals surface area contributed by atoms with Crippen LogP contribution in [-0.4, -0.2) is 35.2 Å². The number of rotatable bonds is 7. The van der Waals surface area contributed by atoms with Gasteiger partial charge in [-0.05, 0) is 44.7 Å². The molecule has 0 saturated carbocycles. The molecule has 0 aliphatic carbocycles. The SMILES string of the molecule is Cc1ccc(OCCN(C)Cc2nc(-c3ccc(C)c(F)c3)no2)cc1. The van der Waals surface area contributed by atoms with Crippen molar-refractivity contribution in [3.05, 3.63) is 65.3 Å². The third kappa shape index (κ3) is 4.67. The fraction of sp³-hybridized carbons (Fsp3) is 0.300. The molecular weight excluding hydrogens is 333 g/mol. The number of hydrogen-bond donors (Lipinski definition) is 0. The van der Waals surface area contributed by atoms with Gasteiger partial charge < -0.3 is 9.26 Å². The molecule has 3 rings (SSSR count). The minimum absolute atomic E-state index is 0.278. The average Bonchev–Trinajstić information content (AvgIpc) is 3.07. The lowest BCUT2D eigenvalue weighted by atomic mass is 10.1. The molecule has 0 unspecified atom stereocenters. The number of nitrogens with zero attached hydrogens (tertiary/aromatic N) is 3. The molecule has 0 bridgehead atoms. The van der Waals surface area contributed by atoms with E-state index in [4.69, 9.17) is 9.26 Å². The minimum atomic E-state index is -0.278. The Labute approximate surface area is 152 Å². The van der Waals surface area contributed by atoms with Crippen molar-refractivity contribution >= 4 is 0 Å². The van der Waals surface area contributed by atoms with Crippen molar-refractivity contribution in [2.24, 2.45) is 0 Å². The van der Waals surface area contributed by atoms with Gasteiger partial charge in [-0.2, -0.15) is 4.98 Å². The first-order chi connectivity index (χ1) is 12.5. The molecule has 5 nitrogen and oxygen atoms in total. The molecule has 0 radical (unpaired) electrons. The van der Waals surface area contributed by atoms with Crippen molar-refractivity contribution in [3.8, 4) is 17.1 Å². The van der Waals surface area contributed by atoms with Gasteiger partial charge in [-0.1, -0.05) is 35.0 Å². The first-order valence-electron chi connectivity index (χ1n) is 8.48. The molecule has 0 saturated heterocycles. The smallest absolute Gasteiger partial charge is 0.241 e. The normalized spacial score (nSPS) is 11.1. The highest BCUT2D eigenvalue weighted by molar-refractivity contribution is 5.54. The highest BCUT2D eigenvalue weighted by atomic mass is 19.1. The number of aromatic nitrogens is 2. The van der Waals surface area contributed by atoms with Gasteiger partial charge in [0.25, 0.3) is 0 Å². The standard InChI is InChI=1S/C20H22FN3O2/c1-14-4-8-17(9-5-14)25-11-10-24(3)13-19-22-20(23-26-19)16-7-6-15(2)18(21)12-16/h4-9,12H,10-11,13H2,1-3H3. The number of likely N-dealkylation sites (N-methyl/N-ethyl adjacent to an activating group) is 1. The van der Waals surface area contributed by atoms with Gasteiger partial charge in [-0.15, -0.1) is 0 Å². The van der Waals surface area contributed by atoms with Crippen LogP contribution in [0, 0.1) is 19.7 Å². The van der Waals surface area contributed by atoms with Crippen LogP contribution < -0.4 is 4.74 Å². The summed E-state index contributed by atoms with van der Waals surface area (Å²) >= 11 is 0. The predicted octanol–water partition coefficient (Wildman–Crippen LogP) is 4.00. The van der Waals surface area contributed by atoms with Crippen LogP contribution in [0.5, 0.6) is 5.75 Å². The Hall–Kier alpha value is -2.73. The van der Waals surface area contributed by atoms with Gasteiger partial charge >= 0.3 is 0 Å². The minimum Gasteiger partial charge on any atom is -0.492 e. The van der Waals surface area contributed by atoms with Crippen LogP contribution in [0.1, 0.15) is 17.0 Å². The van der Waals surface area contributed by atoms with Crippen molar-refractivity contribution in [2.45, 2.75) is 20.4 Å². The van der Waals surface area contributed by atoms with E-state index >= 15 is 0 Å². The van der Waals surface area contributed by atoms with Crippen LogP contribution >= 0.6 is 0 Å². The third-order valence-electron chi connectivity index (χ3n) is 4.07. The van der Waals surface area contributed by atoms with Crippen LogP contribution in [0.15, 0.2) is 47.0 Å². The van der Waals surface area contributed by atoms with Crippen molar-refractivity contribution < 1.29 is 13.7 Å². The molecule has 2 aromatic carbocycles. The molecule has 0 aliphatic rings. The van der Waals surface area contributed by atoms with Crippen LogP contribution in [-0.2, 0) is 6.54 Å². The van der Waals surface area contributed by atoms with E-state index in [0.717, 1.165) is 5.75 Å². The summed E-state index contributed by atoms with van der Waals surface area (Å²) in [7, 11) is 1.95. The van der Waals surface area contributed by atoms with Gasteiger partial charge in [0.1, 0.15) is 18.2 Å². The second-order valence-electron chi connectivity index (χ2n) is 6.37. The molecular formula is C20H22FN3O2. The highest BCUT2D eigenvalue weighted by Crippen LogP contribution is 2.19. The lowest BCUT2D eigenvalue weighted by Gasteiger charge is -2.14. The maximum absolute atomic E-state index is 13.7. The highest BCUT2D eigenvalue weighted by Gasteiger charge is 2.12. The molecule has 0 spiro atoms. The summed E-state index contributed by atoms with van der Waals surface area (Å²) in [5, 5.41) is 3.94. The Morgan fingerprint density at radius 3 is 2.62 bits per heavy atom. The fourth-order valence-electron chi connectivity index (χ4n) is 2.43. The molecule has 26 heavy (non-hydrogen) atoms. The molecule has 0 atom stereocenters. The van der Waals surface area contributed by atoms with Crippen molar-refractivity contribution in [1.82, 2.24) is 15.0 Å². The monoisotopic (exact) mass is 355 g/mol. The largest absolute Gasteiger partial charge is 0.492 e. The second-order valence-corrected chi connectivity index (χ2v) is 6.37. The maximum atomic E-state index is 13.7. The molecule has 0 amide bonds. The zero-order valence-electron chi connectivity index (χ0n) is 15.2. The summed E-state index contributed by atoms with van der Waals surface area (Å²) in [6, 6.07) is 12.9. The quantitative estimate of drug-likeness (QED) is 0.641. The Kier molecular flexibility index (Phi) is 5.63. The Morgan fingerprint density at radius 2 is 1.88 bits per heavy atom.